The van der Waals surface area contributed by atoms with Crippen molar-refractivity contribution < 1.29 is 24.5 Å². The Bertz CT molecular complexity index is 920. The van der Waals surface area contributed by atoms with E-state index in [1.807, 2.05) is 6.08 Å². The van der Waals surface area contributed by atoms with Crippen LogP contribution in [0.3, 0.4) is 0 Å². The largest absolute Gasteiger partial charge is 0.466 e. The van der Waals surface area contributed by atoms with Crippen molar-refractivity contribution in [3.8, 4) is 0 Å². The van der Waals surface area contributed by atoms with Gasteiger partial charge in [0, 0.05) is 12.8 Å². The highest BCUT2D eigenvalue weighted by Gasteiger charge is 2.18. The predicted molar refractivity (Wildman–Crippen MR) is 255 cm³/mol. The number of hydrogen-bond acceptors (Lipinski definition) is 5. The number of carbonyl (C=O) groups excluding carboxylic acids is 2. The summed E-state index contributed by atoms with van der Waals surface area (Å²) in [5.74, 6) is -0.138. The first-order valence-electron chi connectivity index (χ1n) is 26.1. The van der Waals surface area contributed by atoms with Crippen molar-refractivity contribution in [1.29, 1.82) is 0 Å². The van der Waals surface area contributed by atoms with Crippen molar-refractivity contribution in [2.24, 2.45) is 0 Å². The Morgan fingerprint density at radius 2 is 0.797 bits per heavy atom. The molecular formula is C53H101NO5. The molecule has 2 unspecified atom stereocenters. The summed E-state index contributed by atoms with van der Waals surface area (Å²) >= 11 is 0. The van der Waals surface area contributed by atoms with Crippen molar-refractivity contribution in [3.63, 3.8) is 0 Å². The molecule has 0 bridgehead atoms. The van der Waals surface area contributed by atoms with Gasteiger partial charge in [0.2, 0.25) is 5.91 Å². The monoisotopic (exact) mass is 832 g/mol. The van der Waals surface area contributed by atoms with E-state index in [0.29, 0.717) is 19.4 Å². The lowest BCUT2D eigenvalue weighted by Gasteiger charge is -2.20. The molecule has 0 spiro atoms. The van der Waals surface area contributed by atoms with Crippen molar-refractivity contribution >= 4 is 11.9 Å². The normalized spacial score (nSPS) is 12.8. The third-order valence-electron chi connectivity index (χ3n) is 12.0. The molecule has 0 aromatic rings. The maximum Gasteiger partial charge on any atom is 0.305 e. The molecule has 0 aromatic carbocycles. The van der Waals surface area contributed by atoms with Crippen LogP contribution in [0, 0.1) is 0 Å². The van der Waals surface area contributed by atoms with Crippen LogP contribution >= 0.6 is 0 Å². The summed E-state index contributed by atoms with van der Waals surface area (Å²) < 4.78 is 5.43. The van der Waals surface area contributed by atoms with E-state index in [1.54, 1.807) is 6.08 Å². The average Bonchev–Trinajstić information content (AvgIpc) is 3.24. The number of unbranched alkanes of at least 4 members (excludes halogenated alkanes) is 35. The minimum atomic E-state index is -0.865. The molecule has 0 aliphatic heterocycles. The summed E-state index contributed by atoms with van der Waals surface area (Å²) in [4.78, 5) is 24.5. The summed E-state index contributed by atoms with van der Waals surface area (Å²) in [5, 5.41) is 23.1. The van der Waals surface area contributed by atoms with E-state index >= 15 is 0 Å². The Morgan fingerprint density at radius 1 is 0.458 bits per heavy atom. The van der Waals surface area contributed by atoms with Crippen LogP contribution in [0.1, 0.15) is 277 Å². The number of rotatable bonds is 48. The molecule has 0 rings (SSSR count). The minimum Gasteiger partial charge on any atom is -0.466 e. The van der Waals surface area contributed by atoms with Gasteiger partial charge < -0.3 is 20.3 Å². The second-order valence-corrected chi connectivity index (χ2v) is 17.9. The number of carbonyl (C=O) groups is 2. The number of amides is 1. The third-order valence-corrected chi connectivity index (χ3v) is 12.0. The van der Waals surface area contributed by atoms with Crippen LogP contribution in [0.25, 0.3) is 0 Å². The summed E-state index contributed by atoms with van der Waals surface area (Å²) in [7, 11) is 0. The predicted octanol–water partition coefficient (Wildman–Crippen LogP) is 15.5. The Morgan fingerprint density at radius 3 is 1.20 bits per heavy atom. The number of nitrogens with one attached hydrogen (secondary N) is 1. The van der Waals surface area contributed by atoms with Gasteiger partial charge in [-0.15, -0.1) is 0 Å². The molecule has 2 atom stereocenters. The molecule has 1 amide bonds. The van der Waals surface area contributed by atoms with Crippen molar-refractivity contribution in [1.82, 2.24) is 5.32 Å². The van der Waals surface area contributed by atoms with Gasteiger partial charge in [-0.3, -0.25) is 9.59 Å². The maximum absolute atomic E-state index is 12.4. The Hall–Kier alpha value is -1.66. The molecule has 6 nitrogen and oxygen atoms in total. The molecule has 0 saturated heterocycles. The highest BCUT2D eigenvalue weighted by atomic mass is 16.5. The second-order valence-electron chi connectivity index (χ2n) is 17.9. The lowest BCUT2D eigenvalue weighted by Crippen LogP contribution is -2.45. The van der Waals surface area contributed by atoms with Crippen molar-refractivity contribution in [2.45, 2.75) is 289 Å². The van der Waals surface area contributed by atoms with Gasteiger partial charge in [0.05, 0.1) is 25.4 Å². The minimum absolute atomic E-state index is 0.0356. The Balaban J connectivity index is 3.55. The SMILES string of the molecule is CCCCCCCCCCCCCCCCC/C=C/C(O)C(CO)NC(=O)CCCCCC/C=C\CCCCOC(=O)CCCCCCCCCCCCCCCCC. The van der Waals surface area contributed by atoms with Crippen LogP contribution < -0.4 is 5.32 Å². The van der Waals surface area contributed by atoms with E-state index in [1.165, 1.54) is 173 Å². The number of ether oxygens (including phenoxy) is 1. The fourth-order valence-corrected chi connectivity index (χ4v) is 7.92. The fraction of sp³-hybridized carbons (Fsp3) is 0.887. The van der Waals surface area contributed by atoms with E-state index in [9.17, 15) is 19.8 Å². The summed E-state index contributed by atoms with van der Waals surface area (Å²) in [6.45, 7) is 4.82. The molecule has 0 saturated carbocycles. The molecule has 0 aromatic heterocycles. The van der Waals surface area contributed by atoms with Crippen molar-refractivity contribution in [3.05, 3.63) is 24.3 Å². The molecule has 0 aliphatic carbocycles. The molecular weight excluding hydrogens is 731 g/mol. The maximum atomic E-state index is 12.4. The van der Waals surface area contributed by atoms with Crippen LogP contribution in [0.5, 0.6) is 0 Å². The fourth-order valence-electron chi connectivity index (χ4n) is 7.92. The van der Waals surface area contributed by atoms with Gasteiger partial charge >= 0.3 is 5.97 Å². The van der Waals surface area contributed by atoms with Gasteiger partial charge in [-0.1, -0.05) is 231 Å². The lowest BCUT2D eigenvalue weighted by atomic mass is 10.0. The van der Waals surface area contributed by atoms with Gasteiger partial charge in [-0.05, 0) is 57.8 Å². The van der Waals surface area contributed by atoms with Gasteiger partial charge in [0.25, 0.3) is 0 Å². The zero-order valence-corrected chi connectivity index (χ0v) is 39.5. The highest BCUT2D eigenvalue weighted by molar-refractivity contribution is 5.76. The number of aliphatic hydroxyl groups excluding tert-OH is 2. The number of hydrogen-bond donors (Lipinski definition) is 3. The van der Waals surface area contributed by atoms with Crippen LogP contribution in [0.4, 0.5) is 0 Å². The zero-order chi connectivity index (χ0) is 43.0. The zero-order valence-electron chi connectivity index (χ0n) is 39.5. The summed E-state index contributed by atoms with van der Waals surface area (Å²) in [6.07, 6.45) is 57.5. The first-order valence-corrected chi connectivity index (χ1v) is 26.1. The second kappa shape index (κ2) is 49.0. The molecule has 6 heteroatoms. The average molecular weight is 832 g/mol. The molecule has 0 aliphatic rings. The number of aliphatic hydroxyl groups is 2. The summed E-state index contributed by atoms with van der Waals surface area (Å²) in [5.41, 5.74) is 0. The molecule has 0 radical (unpaired) electrons. The van der Waals surface area contributed by atoms with Crippen LogP contribution in [-0.4, -0.2) is 47.4 Å². The molecule has 0 fully saturated rings. The van der Waals surface area contributed by atoms with E-state index in [-0.39, 0.29) is 18.5 Å². The number of allylic oxidation sites excluding steroid dienone is 3. The van der Waals surface area contributed by atoms with Crippen LogP contribution in [0.2, 0.25) is 0 Å². The van der Waals surface area contributed by atoms with Crippen molar-refractivity contribution in [2.75, 3.05) is 13.2 Å². The molecule has 59 heavy (non-hydrogen) atoms. The van der Waals surface area contributed by atoms with Gasteiger partial charge in [0.15, 0.2) is 0 Å². The van der Waals surface area contributed by atoms with Gasteiger partial charge in [0.1, 0.15) is 0 Å². The van der Waals surface area contributed by atoms with Crippen LogP contribution in [-0.2, 0) is 14.3 Å². The molecule has 348 valence electrons. The first kappa shape index (κ1) is 57.3. The number of esters is 1. The molecule has 3 N–H and O–H groups in total. The standard InChI is InChI=1S/C53H101NO5/c1-3-5-7-9-11-13-15-17-19-20-22-23-25-29-33-37-41-45-51(56)50(49-55)54-52(57)46-42-38-34-30-27-28-32-36-40-44-48-59-53(58)47-43-39-35-31-26-24-21-18-16-14-12-10-8-6-4-2/h28,32,41,45,50-51,55-56H,3-27,29-31,33-40,42-44,46-49H2,1-2H3,(H,54,57)/b32-28-,45-41+. The van der Waals surface area contributed by atoms with Gasteiger partial charge in [-0.2, -0.15) is 0 Å². The lowest BCUT2D eigenvalue weighted by molar-refractivity contribution is -0.143. The Labute approximate surface area is 367 Å². The van der Waals surface area contributed by atoms with E-state index < -0.39 is 12.1 Å². The highest BCUT2D eigenvalue weighted by Crippen LogP contribution is 2.16. The van der Waals surface area contributed by atoms with E-state index in [2.05, 4.69) is 31.3 Å². The molecule has 0 heterocycles. The Kier molecular flexibility index (Phi) is 47.6. The van der Waals surface area contributed by atoms with Crippen LogP contribution in [0.15, 0.2) is 24.3 Å². The quantitative estimate of drug-likeness (QED) is 0.0322. The third kappa shape index (κ3) is 45.7. The van der Waals surface area contributed by atoms with Gasteiger partial charge in [-0.25, -0.2) is 0 Å². The smallest absolute Gasteiger partial charge is 0.305 e. The summed E-state index contributed by atoms with van der Waals surface area (Å²) in [6, 6.07) is -0.652. The van der Waals surface area contributed by atoms with E-state index in [4.69, 9.17) is 4.74 Å². The first-order chi connectivity index (χ1) is 29.0. The van der Waals surface area contributed by atoms with E-state index in [0.717, 1.165) is 77.0 Å². The topological polar surface area (TPSA) is 95.9 Å².